The number of cyclic esters (lactones) is 1. The zero-order valence-electron chi connectivity index (χ0n) is 20.7. The van der Waals surface area contributed by atoms with Gasteiger partial charge in [0.05, 0.1) is 18.2 Å². The molecule has 0 unspecified atom stereocenters. The fraction of sp³-hybridized carbons (Fsp3) is 0.483. The molecule has 7 heteroatoms. The van der Waals surface area contributed by atoms with Crippen LogP contribution >= 0.6 is 0 Å². The Balaban J connectivity index is 1.37. The normalized spacial score (nSPS) is 31.4. The molecular weight excluding hydrogens is 459 g/mol. The standard InChI is InChI=1S/C29H33FN2O4/c1-3-35-29(34)32-23-10-7-19-14-26-27(17(2)36-28(26)33)24(25(19)15-23)12-11-22-9-8-20(16-31-22)18-5-4-6-21(30)13-18/h4-6,8-9,11-13,16-17,19,23-27H,3,7,10,14-15H2,1-2H3,(H,32,34)/t17-,19+,23+,24+,25-,26-,27+/m1/s1. The van der Waals surface area contributed by atoms with Crippen LogP contribution in [0.4, 0.5) is 9.18 Å². The second-order valence-electron chi connectivity index (χ2n) is 10.3. The molecule has 5 rings (SSSR count). The summed E-state index contributed by atoms with van der Waals surface area (Å²) < 4.78 is 24.4. The number of rotatable bonds is 5. The van der Waals surface area contributed by atoms with Crippen LogP contribution in [-0.2, 0) is 14.3 Å². The molecule has 1 saturated heterocycles. The van der Waals surface area contributed by atoms with Gasteiger partial charge in [-0.1, -0.05) is 24.3 Å². The number of fused-ring (bicyclic) bond motifs is 2. The lowest BCUT2D eigenvalue weighted by Gasteiger charge is -2.47. The molecule has 3 aliphatic rings. The Labute approximate surface area is 211 Å². The number of alkyl carbamates (subject to hydrolysis) is 1. The van der Waals surface area contributed by atoms with Gasteiger partial charge in [0.25, 0.3) is 0 Å². The summed E-state index contributed by atoms with van der Waals surface area (Å²) in [6.45, 7) is 4.14. The Morgan fingerprint density at radius 2 is 2.08 bits per heavy atom. The Kier molecular flexibility index (Phi) is 7.08. The molecule has 1 aromatic heterocycles. The number of hydrogen-bond acceptors (Lipinski definition) is 5. The number of amides is 1. The highest BCUT2D eigenvalue weighted by molar-refractivity contribution is 5.75. The quantitative estimate of drug-likeness (QED) is 0.548. The Morgan fingerprint density at radius 1 is 1.22 bits per heavy atom. The van der Waals surface area contributed by atoms with Crippen molar-refractivity contribution in [3.05, 3.63) is 60.2 Å². The van der Waals surface area contributed by atoms with E-state index in [9.17, 15) is 14.0 Å². The van der Waals surface area contributed by atoms with Crippen molar-refractivity contribution in [2.45, 2.75) is 51.7 Å². The molecule has 2 heterocycles. The van der Waals surface area contributed by atoms with Crippen LogP contribution in [0, 0.1) is 35.4 Å². The summed E-state index contributed by atoms with van der Waals surface area (Å²) in [4.78, 5) is 29.3. The smallest absolute Gasteiger partial charge is 0.407 e. The van der Waals surface area contributed by atoms with E-state index in [-0.39, 0.29) is 47.8 Å². The zero-order chi connectivity index (χ0) is 25.2. The van der Waals surface area contributed by atoms with Crippen molar-refractivity contribution >= 4 is 18.1 Å². The van der Waals surface area contributed by atoms with Crippen molar-refractivity contribution < 1.29 is 23.5 Å². The van der Waals surface area contributed by atoms with E-state index in [1.54, 1.807) is 19.2 Å². The molecule has 2 saturated carbocycles. The number of pyridine rings is 1. The van der Waals surface area contributed by atoms with Crippen LogP contribution < -0.4 is 5.32 Å². The molecule has 3 fully saturated rings. The number of halogens is 1. The number of allylic oxidation sites excluding steroid dienone is 1. The Hall–Kier alpha value is -3.22. The number of carbonyl (C=O) groups is 2. The van der Waals surface area contributed by atoms with Crippen molar-refractivity contribution in [3.8, 4) is 11.1 Å². The van der Waals surface area contributed by atoms with E-state index >= 15 is 0 Å². The van der Waals surface area contributed by atoms with Crippen LogP contribution in [0.3, 0.4) is 0 Å². The molecule has 36 heavy (non-hydrogen) atoms. The molecule has 0 bridgehead atoms. The van der Waals surface area contributed by atoms with Gasteiger partial charge in [-0.3, -0.25) is 9.78 Å². The lowest BCUT2D eigenvalue weighted by atomic mass is 9.57. The van der Waals surface area contributed by atoms with Crippen LogP contribution in [0.15, 0.2) is 48.7 Å². The van der Waals surface area contributed by atoms with Gasteiger partial charge < -0.3 is 14.8 Å². The summed E-state index contributed by atoms with van der Waals surface area (Å²) in [5.74, 6) is 0.592. The number of nitrogens with one attached hydrogen (secondary N) is 1. The van der Waals surface area contributed by atoms with Gasteiger partial charge in [0.15, 0.2) is 0 Å². The fourth-order valence-corrected chi connectivity index (χ4v) is 6.61. The molecule has 1 aliphatic heterocycles. The predicted molar refractivity (Wildman–Crippen MR) is 134 cm³/mol. The first-order valence-electron chi connectivity index (χ1n) is 13.0. The van der Waals surface area contributed by atoms with E-state index < -0.39 is 0 Å². The first-order chi connectivity index (χ1) is 17.4. The summed E-state index contributed by atoms with van der Waals surface area (Å²) in [5, 5.41) is 3.03. The molecule has 6 nitrogen and oxygen atoms in total. The second-order valence-corrected chi connectivity index (χ2v) is 10.3. The average Bonchev–Trinajstić information content (AvgIpc) is 3.15. The highest BCUT2D eigenvalue weighted by Crippen LogP contribution is 2.53. The summed E-state index contributed by atoms with van der Waals surface area (Å²) in [6.07, 6.45) is 9.05. The molecular formula is C29H33FN2O4. The maximum absolute atomic E-state index is 13.6. The van der Waals surface area contributed by atoms with E-state index in [2.05, 4.69) is 16.4 Å². The van der Waals surface area contributed by atoms with Gasteiger partial charge in [-0.25, -0.2) is 9.18 Å². The summed E-state index contributed by atoms with van der Waals surface area (Å²) in [6, 6.07) is 10.4. The average molecular weight is 493 g/mol. The molecule has 2 aromatic rings. The minimum atomic E-state index is -0.364. The maximum Gasteiger partial charge on any atom is 0.407 e. The van der Waals surface area contributed by atoms with E-state index in [0.29, 0.717) is 18.4 Å². The summed E-state index contributed by atoms with van der Waals surface area (Å²) in [7, 11) is 0. The highest BCUT2D eigenvalue weighted by atomic mass is 19.1. The first kappa shape index (κ1) is 24.5. The van der Waals surface area contributed by atoms with Crippen molar-refractivity contribution in [2.75, 3.05) is 6.61 Å². The van der Waals surface area contributed by atoms with Crippen LogP contribution in [-0.4, -0.2) is 35.8 Å². The monoisotopic (exact) mass is 492 g/mol. The molecule has 1 aromatic carbocycles. The number of aromatic nitrogens is 1. The molecule has 1 amide bonds. The predicted octanol–water partition coefficient (Wildman–Crippen LogP) is 5.63. The number of nitrogens with zero attached hydrogens (tertiary/aromatic N) is 1. The van der Waals surface area contributed by atoms with Crippen molar-refractivity contribution in [1.29, 1.82) is 0 Å². The molecule has 0 radical (unpaired) electrons. The SMILES string of the molecule is CCOC(=O)N[C@H]1CC[C@H]2C[C@H]3C(=O)O[C@H](C)[C@H]3[C@@H](C=Cc3ccc(-c4cccc(F)c4)cn3)[C@@H]2C1. The van der Waals surface area contributed by atoms with Gasteiger partial charge >= 0.3 is 12.1 Å². The van der Waals surface area contributed by atoms with E-state index in [1.165, 1.54) is 12.1 Å². The molecule has 1 N–H and O–H groups in total. The topological polar surface area (TPSA) is 77.5 Å². The van der Waals surface area contributed by atoms with E-state index in [0.717, 1.165) is 42.5 Å². The third kappa shape index (κ3) is 5.01. The largest absolute Gasteiger partial charge is 0.462 e. The zero-order valence-corrected chi connectivity index (χ0v) is 20.7. The number of hydrogen-bond donors (Lipinski definition) is 1. The Morgan fingerprint density at radius 3 is 2.83 bits per heavy atom. The van der Waals surface area contributed by atoms with Crippen molar-refractivity contribution in [1.82, 2.24) is 10.3 Å². The van der Waals surface area contributed by atoms with E-state index in [4.69, 9.17) is 9.47 Å². The second kappa shape index (κ2) is 10.4. The van der Waals surface area contributed by atoms with Gasteiger partial charge in [-0.05, 0) is 87.1 Å². The van der Waals surface area contributed by atoms with Crippen LogP contribution in [0.25, 0.3) is 17.2 Å². The first-order valence-corrected chi connectivity index (χ1v) is 13.0. The van der Waals surface area contributed by atoms with Gasteiger partial charge in [0.1, 0.15) is 11.9 Å². The fourth-order valence-electron chi connectivity index (χ4n) is 6.61. The van der Waals surface area contributed by atoms with Crippen LogP contribution in [0.1, 0.15) is 45.2 Å². The molecule has 7 atom stereocenters. The maximum atomic E-state index is 13.6. The van der Waals surface area contributed by atoms with Gasteiger partial charge in [-0.2, -0.15) is 0 Å². The third-order valence-electron chi connectivity index (χ3n) is 8.19. The van der Waals surface area contributed by atoms with Gasteiger partial charge in [0, 0.05) is 23.7 Å². The Bertz CT molecular complexity index is 1130. The van der Waals surface area contributed by atoms with Gasteiger partial charge in [-0.15, -0.1) is 0 Å². The lowest BCUT2D eigenvalue weighted by Crippen LogP contribution is -2.48. The molecule has 2 aliphatic carbocycles. The number of esters is 1. The van der Waals surface area contributed by atoms with Crippen LogP contribution in [0.2, 0.25) is 0 Å². The number of ether oxygens (including phenoxy) is 2. The minimum absolute atomic E-state index is 0.0646. The minimum Gasteiger partial charge on any atom is -0.462 e. The summed E-state index contributed by atoms with van der Waals surface area (Å²) in [5.41, 5.74) is 2.45. The number of carbonyl (C=O) groups excluding carboxylic acids is 2. The highest BCUT2D eigenvalue weighted by Gasteiger charge is 2.54. The van der Waals surface area contributed by atoms with Crippen molar-refractivity contribution in [2.24, 2.45) is 29.6 Å². The lowest BCUT2D eigenvalue weighted by molar-refractivity contribution is -0.144. The number of benzene rings is 1. The van der Waals surface area contributed by atoms with E-state index in [1.807, 2.05) is 31.2 Å². The third-order valence-corrected chi connectivity index (χ3v) is 8.19. The molecule has 0 spiro atoms. The van der Waals surface area contributed by atoms with Crippen molar-refractivity contribution in [3.63, 3.8) is 0 Å². The van der Waals surface area contributed by atoms with Gasteiger partial charge in [0.2, 0.25) is 0 Å². The van der Waals surface area contributed by atoms with Crippen LogP contribution in [0.5, 0.6) is 0 Å². The summed E-state index contributed by atoms with van der Waals surface area (Å²) >= 11 is 0. The molecule has 190 valence electrons.